The molecular formula is C13H13BrFN3O2S. The summed E-state index contributed by atoms with van der Waals surface area (Å²) in [6.07, 6.45) is 0. The Kier molecular flexibility index (Phi) is 4.50. The van der Waals surface area contributed by atoms with E-state index in [-0.39, 0.29) is 22.9 Å². The molecule has 0 radical (unpaired) electrons. The predicted molar refractivity (Wildman–Crippen MR) is 83.7 cm³/mol. The Morgan fingerprint density at radius 1 is 1.19 bits per heavy atom. The van der Waals surface area contributed by atoms with Crippen molar-refractivity contribution in [1.82, 2.24) is 0 Å². The van der Waals surface area contributed by atoms with Crippen molar-refractivity contribution in [3.63, 3.8) is 0 Å². The fourth-order valence-corrected chi connectivity index (χ4v) is 2.85. The van der Waals surface area contributed by atoms with Gasteiger partial charge in [0, 0.05) is 22.3 Å². The fraction of sp³-hybridized carbons (Fsp3) is 0.0769. The number of sulfonamides is 1. The van der Waals surface area contributed by atoms with Gasteiger partial charge in [0.15, 0.2) is 0 Å². The number of nitrogens with two attached hydrogens (primary N) is 2. The fourth-order valence-electron chi connectivity index (χ4n) is 1.79. The van der Waals surface area contributed by atoms with Gasteiger partial charge in [-0.25, -0.2) is 17.9 Å². The van der Waals surface area contributed by atoms with E-state index in [1.807, 2.05) is 0 Å². The molecule has 2 aromatic carbocycles. The van der Waals surface area contributed by atoms with Crippen LogP contribution in [0.2, 0.25) is 0 Å². The summed E-state index contributed by atoms with van der Waals surface area (Å²) in [5, 5.41) is 8.00. The molecule has 2 aromatic rings. The first-order chi connectivity index (χ1) is 9.77. The maximum atomic E-state index is 13.6. The number of nitrogens with one attached hydrogen (secondary N) is 1. The van der Waals surface area contributed by atoms with Crippen molar-refractivity contribution in [3.8, 4) is 0 Å². The highest BCUT2D eigenvalue weighted by molar-refractivity contribution is 9.10. The molecule has 0 aliphatic carbocycles. The number of hydrogen-bond acceptors (Lipinski definition) is 4. The zero-order chi connectivity index (χ0) is 15.6. The highest BCUT2D eigenvalue weighted by Gasteiger charge is 2.12. The third kappa shape index (κ3) is 3.93. The van der Waals surface area contributed by atoms with Crippen LogP contribution in [0.3, 0.4) is 0 Å². The molecule has 0 saturated carbocycles. The van der Waals surface area contributed by atoms with E-state index >= 15 is 0 Å². The molecule has 5 nitrogen and oxygen atoms in total. The lowest BCUT2D eigenvalue weighted by Crippen LogP contribution is -2.14. The van der Waals surface area contributed by atoms with E-state index in [9.17, 15) is 12.8 Å². The van der Waals surface area contributed by atoms with E-state index in [0.29, 0.717) is 11.3 Å². The van der Waals surface area contributed by atoms with Crippen LogP contribution >= 0.6 is 15.9 Å². The van der Waals surface area contributed by atoms with Crippen molar-refractivity contribution < 1.29 is 12.8 Å². The van der Waals surface area contributed by atoms with Crippen LogP contribution in [-0.4, -0.2) is 8.42 Å². The first-order valence-electron chi connectivity index (χ1n) is 5.87. The molecule has 0 bridgehead atoms. The highest BCUT2D eigenvalue weighted by atomic mass is 79.9. The second-order valence-corrected chi connectivity index (χ2v) is 6.83. The van der Waals surface area contributed by atoms with Gasteiger partial charge in [0.1, 0.15) is 10.7 Å². The van der Waals surface area contributed by atoms with Crippen LogP contribution in [-0.2, 0) is 16.6 Å². The van der Waals surface area contributed by atoms with Gasteiger partial charge < -0.3 is 11.1 Å². The van der Waals surface area contributed by atoms with Crippen LogP contribution in [0.15, 0.2) is 45.8 Å². The molecule has 21 heavy (non-hydrogen) atoms. The van der Waals surface area contributed by atoms with E-state index in [1.54, 1.807) is 12.1 Å². The Morgan fingerprint density at radius 3 is 2.52 bits per heavy atom. The zero-order valence-electron chi connectivity index (χ0n) is 10.8. The van der Waals surface area contributed by atoms with Gasteiger partial charge in [-0.15, -0.1) is 0 Å². The molecule has 0 unspecified atom stereocenters. The summed E-state index contributed by atoms with van der Waals surface area (Å²) in [4.78, 5) is -0.137. The number of anilines is 2. The molecule has 0 spiro atoms. The maximum Gasteiger partial charge on any atom is 0.240 e. The number of nitrogen functional groups attached to an aromatic ring is 1. The molecule has 0 aliphatic rings. The number of halogens is 2. The lowest BCUT2D eigenvalue weighted by molar-refractivity contribution is 0.598. The predicted octanol–water partition coefficient (Wildman–Crippen LogP) is 2.43. The zero-order valence-corrected chi connectivity index (χ0v) is 13.2. The number of primary sulfonamides is 1. The maximum absolute atomic E-state index is 13.6. The molecule has 0 amide bonds. The molecule has 0 aromatic heterocycles. The summed E-state index contributed by atoms with van der Waals surface area (Å²) in [6.45, 7) is 0.236. The van der Waals surface area contributed by atoms with E-state index in [0.717, 1.165) is 4.47 Å². The quantitative estimate of drug-likeness (QED) is 0.716. The van der Waals surface area contributed by atoms with Crippen molar-refractivity contribution in [2.24, 2.45) is 5.14 Å². The van der Waals surface area contributed by atoms with E-state index < -0.39 is 10.0 Å². The Morgan fingerprint density at radius 2 is 1.90 bits per heavy atom. The molecule has 8 heteroatoms. The lowest BCUT2D eigenvalue weighted by Gasteiger charge is -2.10. The smallest absolute Gasteiger partial charge is 0.240 e. The minimum absolute atomic E-state index is 0.0391. The second-order valence-electron chi connectivity index (χ2n) is 4.39. The van der Waals surface area contributed by atoms with Crippen molar-refractivity contribution in [2.75, 3.05) is 11.1 Å². The summed E-state index contributed by atoms with van der Waals surface area (Å²) < 4.78 is 36.9. The number of rotatable bonds is 4. The van der Waals surface area contributed by atoms with Crippen LogP contribution in [0.25, 0.3) is 0 Å². The van der Waals surface area contributed by atoms with Crippen LogP contribution in [0.1, 0.15) is 5.56 Å². The summed E-state index contributed by atoms with van der Waals surface area (Å²) in [6, 6.07) is 8.90. The standard InChI is InChI=1S/C13H13BrFN3O2S/c14-9-1-3-11(15)8(5-9)7-18-10-2-4-13(12(16)6-10)21(17,19)20/h1-6,18H,7,16H2,(H2,17,19,20). The van der Waals surface area contributed by atoms with Gasteiger partial charge in [0.25, 0.3) is 0 Å². The molecule has 2 rings (SSSR count). The SMILES string of the molecule is Nc1cc(NCc2cc(Br)ccc2F)ccc1S(N)(=O)=O. The Balaban J connectivity index is 2.18. The largest absolute Gasteiger partial charge is 0.398 e. The molecule has 0 heterocycles. The van der Waals surface area contributed by atoms with Crippen molar-refractivity contribution in [3.05, 3.63) is 52.3 Å². The van der Waals surface area contributed by atoms with Crippen molar-refractivity contribution in [1.29, 1.82) is 0 Å². The van der Waals surface area contributed by atoms with E-state index in [4.69, 9.17) is 10.9 Å². The van der Waals surface area contributed by atoms with Crippen LogP contribution < -0.4 is 16.2 Å². The monoisotopic (exact) mass is 373 g/mol. The number of benzene rings is 2. The summed E-state index contributed by atoms with van der Waals surface area (Å²) in [7, 11) is -3.85. The molecule has 0 saturated heterocycles. The first kappa shape index (κ1) is 15.7. The molecule has 0 aliphatic heterocycles. The van der Waals surface area contributed by atoms with E-state index in [1.165, 1.54) is 24.3 Å². The topological polar surface area (TPSA) is 98.2 Å². The van der Waals surface area contributed by atoms with Gasteiger partial charge in [0.2, 0.25) is 10.0 Å². The van der Waals surface area contributed by atoms with Crippen LogP contribution in [0, 0.1) is 5.82 Å². The average Bonchev–Trinajstić information content (AvgIpc) is 2.38. The van der Waals surface area contributed by atoms with Gasteiger partial charge in [-0.3, -0.25) is 0 Å². The van der Waals surface area contributed by atoms with Gasteiger partial charge >= 0.3 is 0 Å². The summed E-state index contributed by atoms with van der Waals surface area (Å²) in [5.74, 6) is -0.333. The third-order valence-electron chi connectivity index (χ3n) is 2.81. The van der Waals surface area contributed by atoms with Gasteiger partial charge in [0.05, 0.1) is 5.69 Å². The molecule has 0 fully saturated rings. The first-order valence-corrected chi connectivity index (χ1v) is 8.21. The summed E-state index contributed by atoms with van der Waals surface area (Å²) >= 11 is 3.27. The molecule has 0 atom stereocenters. The van der Waals surface area contributed by atoms with Crippen molar-refractivity contribution in [2.45, 2.75) is 11.4 Å². The Labute approximate surface area is 130 Å². The van der Waals surface area contributed by atoms with Crippen LogP contribution in [0.5, 0.6) is 0 Å². The van der Waals surface area contributed by atoms with Gasteiger partial charge in [-0.05, 0) is 36.4 Å². The van der Waals surface area contributed by atoms with Crippen LogP contribution in [0.4, 0.5) is 15.8 Å². The highest BCUT2D eigenvalue weighted by Crippen LogP contribution is 2.22. The third-order valence-corrected chi connectivity index (χ3v) is 4.29. The minimum atomic E-state index is -3.85. The average molecular weight is 374 g/mol. The van der Waals surface area contributed by atoms with E-state index in [2.05, 4.69) is 21.2 Å². The molecule has 112 valence electrons. The van der Waals surface area contributed by atoms with Crippen molar-refractivity contribution >= 4 is 37.3 Å². The molecular weight excluding hydrogens is 361 g/mol. The number of hydrogen-bond donors (Lipinski definition) is 3. The normalized spacial score (nSPS) is 11.4. The van der Waals surface area contributed by atoms with Gasteiger partial charge in [-0.1, -0.05) is 15.9 Å². The molecule has 5 N–H and O–H groups in total. The minimum Gasteiger partial charge on any atom is -0.398 e. The Hall–Kier alpha value is -1.64. The Bertz CT molecular complexity index is 781. The lowest BCUT2D eigenvalue weighted by atomic mass is 10.2. The van der Waals surface area contributed by atoms with Gasteiger partial charge in [-0.2, -0.15) is 0 Å². The second kappa shape index (κ2) is 6.00. The summed E-state index contributed by atoms with van der Waals surface area (Å²) in [5.41, 5.74) is 6.73.